The van der Waals surface area contributed by atoms with Crippen LogP contribution in [0, 0.1) is 6.92 Å². The van der Waals surface area contributed by atoms with E-state index in [1.54, 1.807) is 0 Å². The molecule has 1 aromatic carbocycles. The van der Waals surface area contributed by atoms with Gasteiger partial charge < -0.3 is 15.2 Å². The van der Waals surface area contributed by atoms with E-state index in [4.69, 9.17) is 4.74 Å². The van der Waals surface area contributed by atoms with Crippen molar-refractivity contribution >= 4 is 5.91 Å². The van der Waals surface area contributed by atoms with Gasteiger partial charge >= 0.3 is 0 Å². The highest BCUT2D eigenvalue weighted by Gasteiger charge is 2.19. The van der Waals surface area contributed by atoms with Gasteiger partial charge in [0, 0.05) is 19.6 Å². The number of aliphatic hydroxyl groups is 1. The first-order chi connectivity index (χ1) is 10.8. The second kappa shape index (κ2) is 7.32. The Bertz CT molecular complexity index is 552. The zero-order valence-corrected chi connectivity index (χ0v) is 14.6. The highest BCUT2D eigenvalue weighted by atomic mass is 16.5. The smallest absolute Gasteiger partial charge is 0.234 e. The van der Waals surface area contributed by atoms with Crippen molar-refractivity contribution in [2.45, 2.75) is 39.2 Å². The first-order valence-electron chi connectivity index (χ1n) is 8.17. The number of aryl methyl sites for hydroxylation is 1. The van der Waals surface area contributed by atoms with Crippen LogP contribution >= 0.6 is 0 Å². The molecule has 2 N–H and O–H groups in total. The summed E-state index contributed by atoms with van der Waals surface area (Å²) < 4.78 is 5.76. The monoisotopic (exact) mass is 320 g/mol. The van der Waals surface area contributed by atoms with Crippen molar-refractivity contribution in [1.29, 1.82) is 0 Å². The maximum Gasteiger partial charge on any atom is 0.234 e. The molecule has 1 amide bonds. The van der Waals surface area contributed by atoms with Crippen LogP contribution in [0.2, 0.25) is 0 Å². The van der Waals surface area contributed by atoms with Crippen LogP contribution in [0.25, 0.3) is 0 Å². The summed E-state index contributed by atoms with van der Waals surface area (Å²) in [4.78, 5) is 13.3. The normalized spacial score (nSPS) is 17.7. The average Bonchev–Trinajstić information content (AvgIpc) is 2.45. The minimum Gasteiger partial charge on any atom is -0.491 e. The van der Waals surface area contributed by atoms with Crippen molar-refractivity contribution in [2.75, 3.05) is 32.8 Å². The van der Waals surface area contributed by atoms with Crippen molar-refractivity contribution in [2.24, 2.45) is 0 Å². The van der Waals surface area contributed by atoms with Crippen LogP contribution in [0.1, 0.15) is 31.9 Å². The first kappa shape index (κ1) is 17.8. The number of benzene rings is 1. The fourth-order valence-corrected chi connectivity index (χ4v) is 2.66. The Morgan fingerprint density at radius 3 is 2.74 bits per heavy atom. The number of β-amino-alcohol motifs (C(OH)–C–C–N with tert-alkyl or cyclic N) is 1. The molecule has 5 nitrogen and oxygen atoms in total. The van der Waals surface area contributed by atoms with E-state index >= 15 is 0 Å². The first-order valence-corrected chi connectivity index (χ1v) is 8.17. The molecule has 23 heavy (non-hydrogen) atoms. The van der Waals surface area contributed by atoms with Crippen molar-refractivity contribution < 1.29 is 14.6 Å². The van der Waals surface area contributed by atoms with Crippen molar-refractivity contribution in [1.82, 2.24) is 10.2 Å². The zero-order chi connectivity index (χ0) is 17.0. The number of nitrogens with zero attached hydrogens (tertiary/aromatic N) is 1. The molecule has 0 aliphatic carbocycles. The lowest BCUT2D eigenvalue weighted by Crippen LogP contribution is -2.50. The van der Waals surface area contributed by atoms with E-state index in [-0.39, 0.29) is 17.9 Å². The van der Waals surface area contributed by atoms with Gasteiger partial charge in [-0.15, -0.1) is 0 Å². The fraction of sp³-hybridized carbons (Fsp3) is 0.611. The maximum atomic E-state index is 11.3. The van der Waals surface area contributed by atoms with Gasteiger partial charge in [0.1, 0.15) is 18.5 Å². The molecule has 5 heteroatoms. The third kappa shape index (κ3) is 5.22. The van der Waals surface area contributed by atoms with E-state index in [0.29, 0.717) is 19.6 Å². The Morgan fingerprint density at radius 2 is 2.13 bits per heavy atom. The zero-order valence-electron chi connectivity index (χ0n) is 14.6. The number of aliphatic hydroxyl groups excluding tert-OH is 1. The molecule has 0 aromatic heterocycles. The highest BCUT2D eigenvalue weighted by Crippen LogP contribution is 2.27. The van der Waals surface area contributed by atoms with Gasteiger partial charge in [0.2, 0.25) is 5.91 Å². The van der Waals surface area contributed by atoms with Gasteiger partial charge in [0.15, 0.2) is 0 Å². The van der Waals surface area contributed by atoms with Gasteiger partial charge in [-0.25, -0.2) is 0 Å². The van der Waals surface area contributed by atoms with Crippen LogP contribution in [0.15, 0.2) is 18.2 Å². The summed E-state index contributed by atoms with van der Waals surface area (Å²) in [6.07, 6.45) is -0.609. The average molecular weight is 320 g/mol. The quantitative estimate of drug-likeness (QED) is 0.862. The van der Waals surface area contributed by atoms with Crippen LogP contribution in [-0.4, -0.2) is 54.8 Å². The summed E-state index contributed by atoms with van der Waals surface area (Å²) in [5.74, 6) is 0.811. The van der Waals surface area contributed by atoms with Crippen LogP contribution in [0.4, 0.5) is 0 Å². The molecular formula is C18H28N2O3. The number of amides is 1. The maximum absolute atomic E-state index is 11.3. The molecule has 1 atom stereocenters. The van der Waals surface area contributed by atoms with Gasteiger partial charge in [0.05, 0.1) is 6.54 Å². The molecule has 0 bridgehead atoms. The molecule has 1 heterocycles. The number of hydrogen-bond donors (Lipinski definition) is 2. The SMILES string of the molecule is Cc1cc(C(C)(C)C)ccc1OC[C@@H](O)CN1CCNC(=O)C1. The summed E-state index contributed by atoms with van der Waals surface area (Å²) in [6, 6.07) is 6.18. The molecule has 2 rings (SSSR count). The molecular weight excluding hydrogens is 292 g/mol. The molecule has 0 spiro atoms. The minimum absolute atomic E-state index is 0.0120. The molecule has 1 saturated heterocycles. The number of nitrogens with one attached hydrogen (secondary N) is 1. The lowest BCUT2D eigenvalue weighted by atomic mass is 9.86. The molecule has 1 aliphatic rings. The summed E-state index contributed by atoms with van der Waals surface area (Å²) >= 11 is 0. The van der Waals surface area contributed by atoms with Crippen molar-refractivity contribution in [3.8, 4) is 5.75 Å². The number of piperazine rings is 1. The number of rotatable bonds is 5. The van der Waals surface area contributed by atoms with E-state index in [9.17, 15) is 9.90 Å². The summed E-state index contributed by atoms with van der Waals surface area (Å²) in [5.41, 5.74) is 2.45. The Balaban J connectivity index is 1.86. The van der Waals surface area contributed by atoms with Gasteiger partial charge in [-0.05, 0) is 29.5 Å². The molecule has 128 valence electrons. The summed E-state index contributed by atoms with van der Waals surface area (Å²) in [5, 5.41) is 12.9. The third-order valence-electron chi connectivity index (χ3n) is 4.06. The standard InChI is InChI=1S/C18H28N2O3/c1-13-9-14(18(2,3)4)5-6-16(13)23-12-15(21)10-20-8-7-19-17(22)11-20/h5-6,9,15,21H,7-8,10-12H2,1-4H3,(H,19,22)/t15-/m0/s1. The molecule has 0 saturated carbocycles. The fourth-order valence-electron chi connectivity index (χ4n) is 2.66. The molecule has 1 aromatic rings. The number of carbonyl (C=O) groups excluding carboxylic acids is 1. The van der Waals surface area contributed by atoms with Crippen LogP contribution in [0.5, 0.6) is 5.75 Å². The van der Waals surface area contributed by atoms with E-state index in [1.165, 1.54) is 5.56 Å². The van der Waals surface area contributed by atoms with Gasteiger partial charge in [-0.3, -0.25) is 9.69 Å². The summed E-state index contributed by atoms with van der Waals surface area (Å²) in [6.45, 7) is 11.0. The Hall–Kier alpha value is -1.59. The third-order valence-corrected chi connectivity index (χ3v) is 4.06. The Morgan fingerprint density at radius 1 is 1.39 bits per heavy atom. The molecule has 0 radical (unpaired) electrons. The Labute approximate surface area is 138 Å². The number of hydrogen-bond acceptors (Lipinski definition) is 4. The lowest BCUT2D eigenvalue weighted by molar-refractivity contribution is -0.124. The molecule has 1 fully saturated rings. The topological polar surface area (TPSA) is 61.8 Å². The Kier molecular flexibility index (Phi) is 5.65. The van der Waals surface area contributed by atoms with E-state index in [1.807, 2.05) is 17.9 Å². The predicted octanol–water partition coefficient (Wildman–Crippen LogP) is 1.46. The second-order valence-electron chi connectivity index (χ2n) is 7.28. The van der Waals surface area contributed by atoms with Crippen LogP contribution < -0.4 is 10.1 Å². The van der Waals surface area contributed by atoms with E-state index in [0.717, 1.165) is 17.9 Å². The molecule has 1 aliphatic heterocycles. The van der Waals surface area contributed by atoms with Crippen molar-refractivity contribution in [3.63, 3.8) is 0 Å². The van der Waals surface area contributed by atoms with Crippen LogP contribution in [-0.2, 0) is 10.2 Å². The van der Waals surface area contributed by atoms with E-state index < -0.39 is 6.10 Å². The largest absolute Gasteiger partial charge is 0.491 e. The lowest BCUT2D eigenvalue weighted by Gasteiger charge is -2.28. The minimum atomic E-state index is -0.609. The van der Waals surface area contributed by atoms with Gasteiger partial charge in [-0.1, -0.05) is 32.9 Å². The van der Waals surface area contributed by atoms with Gasteiger partial charge in [0.25, 0.3) is 0 Å². The van der Waals surface area contributed by atoms with Crippen molar-refractivity contribution in [3.05, 3.63) is 29.3 Å². The predicted molar refractivity (Wildman–Crippen MR) is 90.8 cm³/mol. The highest BCUT2D eigenvalue weighted by molar-refractivity contribution is 5.78. The van der Waals surface area contributed by atoms with Crippen LogP contribution in [0.3, 0.4) is 0 Å². The number of carbonyl (C=O) groups is 1. The number of ether oxygens (including phenoxy) is 1. The van der Waals surface area contributed by atoms with Gasteiger partial charge in [-0.2, -0.15) is 0 Å². The van der Waals surface area contributed by atoms with E-state index in [2.05, 4.69) is 38.2 Å². The summed E-state index contributed by atoms with van der Waals surface area (Å²) in [7, 11) is 0. The molecule has 0 unspecified atom stereocenters. The second-order valence-corrected chi connectivity index (χ2v) is 7.28.